The van der Waals surface area contributed by atoms with Crippen molar-refractivity contribution in [2.75, 3.05) is 0 Å². The Bertz CT molecular complexity index is 744. The molecule has 2 aromatic heterocycles. The molecule has 0 aliphatic carbocycles. The monoisotopic (exact) mass is 275 g/mol. The van der Waals surface area contributed by atoms with Crippen molar-refractivity contribution in [2.24, 2.45) is 12.8 Å². The van der Waals surface area contributed by atoms with Crippen LogP contribution in [-0.4, -0.2) is 9.78 Å². The molecule has 0 spiro atoms. The normalized spacial score (nSPS) is 13.1. The molecule has 5 heteroatoms. The maximum atomic E-state index is 6.25. The first-order valence-electron chi connectivity index (χ1n) is 6.00. The molecule has 98 valence electrons. The van der Waals surface area contributed by atoms with Crippen LogP contribution < -0.4 is 5.73 Å². The molecule has 4 nitrogen and oxygen atoms in total. The van der Waals surface area contributed by atoms with E-state index >= 15 is 0 Å². The summed E-state index contributed by atoms with van der Waals surface area (Å²) in [7, 11) is 1.89. The van der Waals surface area contributed by atoms with Crippen LogP contribution in [0, 0.1) is 6.92 Å². The van der Waals surface area contributed by atoms with Gasteiger partial charge in [0.1, 0.15) is 5.76 Å². The van der Waals surface area contributed by atoms with Crippen molar-refractivity contribution < 1.29 is 4.42 Å². The van der Waals surface area contributed by atoms with Crippen molar-refractivity contribution in [1.82, 2.24) is 9.78 Å². The van der Waals surface area contributed by atoms with E-state index in [0.717, 1.165) is 16.6 Å². The summed E-state index contributed by atoms with van der Waals surface area (Å²) >= 11 is 6.11. The molecular weight excluding hydrogens is 262 g/mol. The summed E-state index contributed by atoms with van der Waals surface area (Å²) in [5.74, 6) is 0.694. The quantitative estimate of drug-likeness (QED) is 0.781. The van der Waals surface area contributed by atoms with Gasteiger partial charge < -0.3 is 10.2 Å². The first-order valence-corrected chi connectivity index (χ1v) is 6.37. The average molecular weight is 276 g/mol. The van der Waals surface area contributed by atoms with Gasteiger partial charge in [-0.3, -0.25) is 4.68 Å². The molecule has 3 rings (SSSR count). The van der Waals surface area contributed by atoms with Gasteiger partial charge >= 0.3 is 0 Å². The van der Waals surface area contributed by atoms with Crippen LogP contribution in [0.5, 0.6) is 0 Å². The van der Waals surface area contributed by atoms with Crippen LogP contribution in [0.1, 0.15) is 23.1 Å². The van der Waals surface area contributed by atoms with Gasteiger partial charge in [0.25, 0.3) is 0 Å². The Labute approximate surface area is 115 Å². The van der Waals surface area contributed by atoms with E-state index in [4.69, 9.17) is 21.8 Å². The number of aryl methyl sites for hydroxylation is 1. The SMILES string of the molecule is Cc1c(C(N)c2cc3cccc(Cl)c3o2)cnn1C. The predicted octanol–water partition coefficient (Wildman–Crippen LogP) is 3.18. The van der Waals surface area contributed by atoms with Crippen molar-refractivity contribution in [3.63, 3.8) is 0 Å². The second-order valence-corrected chi connectivity index (χ2v) is 5.00. The molecule has 19 heavy (non-hydrogen) atoms. The highest BCUT2D eigenvalue weighted by atomic mass is 35.5. The highest BCUT2D eigenvalue weighted by molar-refractivity contribution is 6.34. The number of para-hydroxylation sites is 1. The molecule has 1 atom stereocenters. The van der Waals surface area contributed by atoms with Crippen molar-refractivity contribution >= 4 is 22.6 Å². The van der Waals surface area contributed by atoms with Crippen molar-refractivity contribution in [3.05, 3.63) is 52.5 Å². The Balaban J connectivity index is 2.09. The average Bonchev–Trinajstić information content (AvgIpc) is 2.95. The lowest BCUT2D eigenvalue weighted by molar-refractivity contribution is 0.524. The fourth-order valence-corrected chi connectivity index (χ4v) is 2.40. The molecule has 0 radical (unpaired) electrons. The molecule has 1 aromatic carbocycles. The number of aromatic nitrogens is 2. The standard InChI is InChI=1S/C14H14ClN3O/c1-8-10(7-17-18(8)2)13(16)12-6-9-4-3-5-11(15)14(9)19-12/h3-7,13H,16H2,1-2H3. The number of rotatable bonds is 2. The van der Waals surface area contributed by atoms with Gasteiger partial charge in [-0.15, -0.1) is 0 Å². The molecule has 3 aromatic rings. The molecule has 0 amide bonds. The minimum absolute atomic E-state index is 0.336. The fourth-order valence-electron chi connectivity index (χ4n) is 2.17. The zero-order chi connectivity index (χ0) is 13.6. The molecule has 2 N–H and O–H groups in total. The lowest BCUT2D eigenvalue weighted by Crippen LogP contribution is -2.11. The van der Waals surface area contributed by atoms with E-state index < -0.39 is 0 Å². The Morgan fingerprint density at radius 3 is 2.84 bits per heavy atom. The Kier molecular flexibility index (Phi) is 2.84. The fraction of sp³-hybridized carbons (Fsp3) is 0.214. The van der Waals surface area contributed by atoms with Crippen LogP contribution in [0.3, 0.4) is 0 Å². The van der Waals surface area contributed by atoms with Crippen LogP contribution >= 0.6 is 11.6 Å². The van der Waals surface area contributed by atoms with Gasteiger partial charge in [0.05, 0.1) is 17.3 Å². The number of hydrogen-bond donors (Lipinski definition) is 1. The van der Waals surface area contributed by atoms with E-state index in [1.165, 1.54) is 0 Å². The lowest BCUT2D eigenvalue weighted by atomic mass is 10.1. The van der Waals surface area contributed by atoms with Crippen LogP contribution in [0.2, 0.25) is 5.02 Å². The third-order valence-corrected chi connectivity index (χ3v) is 3.73. The predicted molar refractivity (Wildman–Crippen MR) is 75.2 cm³/mol. The molecule has 0 bridgehead atoms. The van der Waals surface area contributed by atoms with Gasteiger partial charge in [0, 0.05) is 23.7 Å². The number of furan rings is 1. The van der Waals surface area contributed by atoms with Crippen LogP contribution in [-0.2, 0) is 7.05 Å². The summed E-state index contributed by atoms with van der Waals surface area (Å²) in [6, 6.07) is 7.25. The van der Waals surface area contributed by atoms with E-state index in [1.807, 2.05) is 32.2 Å². The van der Waals surface area contributed by atoms with Gasteiger partial charge in [-0.05, 0) is 19.1 Å². The number of nitrogens with two attached hydrogens (primary N) is 1. The van der Waals surface area contributed by atoms with Gasteiger partial charge in [-0.1, -0.05) is 23.7 Å². The van der Waals surface area contributed by atoms with Gasteiger partial charge in [-0.25, -0.2) is 0 Å². The molecule has 0 aliphatic rings. The van der Waals surface area contributed by atoms with Crippen molar-refractivity contribution in [2.45, 2.75) is 13.0 Å². The van der Waals surface area contributed by atoms with E-state index in [0.29, 0.717) is 16.4 Å². The second-order valence-electron chi connectivity index (χ2n) is 4.59. The summed E-state index contributed by atoms with van der Waals surface area (Å²) in [6.07, 6.45) is 1.77. The molecule has 0 fully saturated rings. The number of fused-ring (bicyclic) bond motifs is 1. The number of benzene rings is 1. The van der Waals surface area contributed by atoms with Crippen LogP contribution in [0.15, 0.2) is 34.9 Å². The second kappa shape index (κ2) is 4.40. The third-order valence-electron chi connectivity index (χ3n) is 3.43. The zero-order valence-corrected chi connectivity index (χ0v) is 11.5. The Morgan fingerprint density at radius 2 is 2.21 bits per heavy atom. The van der Waals surface area contributed by atoms with Crippen LogP contribution in [0.4, 0.5) is 0 Å². The molecule has 0 saturated heterocycles. The number of halogens is 1. The largest absolute Gasteiger partial charge is 0.457 e. The third kappa shape index (κ3) is 1.93. The highest BCUT2D eigenvalue weighted by Gasteiger charge is 2.19. The molecule has 0 saturated carbocycles. The Morgan fingerprint density at radius 1 is 1.42 bits per heavy atom. The Hall–Kier alpha value is -1.78. The number of nitrogens with zero attached hydrogens (tertiary/aromatic N) is 2. The zero-order valence-electron chi connectivity index (χ0n) is 10.7. The maximum Gasteiger partial charge on any atom is 0.152 e. The molecule has 1 unspecified atom stereocenters. The maximum absolute atomic E-state index is 6.25. The van der Waals surface area contributed by atoms with Gasteiger partial charge in [0.15, 0.2) is 5.58 Å². The summed E-state index contributed by atoms with van der Waals surface area (Å²) in [4.78, 5) is 0. The summed E-state index contributed by atoms with van der Waals surface area (Å²) in [6.45, 7) is 1.98. The van der Waals surface area contributed by atoms with E-state index in [-0.39, 0.29) is 6.04 Å². The summed E-state index contributed by atoms with van der Waals surface area (Å²) in [5, 5.41) is 5.76. The first-order chi connectivity index (χ1) is 9.08. The van der Waals surface area contributed by atoms with Crippen molar-refractivity contribution in [1.29, 1.82) is 0 Å². The highest BCUT2D eigenvalue weighted by Crippen LogP contribution is 2.31. The summed E-state index contributed by atoms with van der Waals surface area (Å²) in [5.41, 5.74) is 8.91. The van der Waals surface area contributed by atoms with E-state index in [1.54, 1.807) is 16.9 Å². The van der Waals surface area contributed by atoms with Gasteiger partial charge in [0.2, 0.25) is 0 Å². The minimum atomic E-state index is -0.336. The molecule has 0 aliphatic heterocycles. The van der Waals surface area contributed by atoms with Gasteiger partial charge in [-0.2, -0.15) is 5.10 Å². The van der Waals surface area contributed by atoms with Crippen molar-refractivity contribution in [3.8, 4) is 0 Å². The first kappa shape index (κ1) is 12.3. The van der Waals surface area contributed by atoms with E-state index in [9.17, 15) is 0 Å². The smallest absolute Gasteiger partial charge is 0.152 e. The minimum Gasteiger partial charge on any atom is -0.457 e. The summed E-state index contributed by atoms with van der Waals surface area (Å²) < 4.78 is 7.58. The topological polar surface area (TPSA) is 57.0 Å². The van der Waals surface area contributed by atoms with E-state index in [2.05, 4.69) is 5.10 Å². The molecular formula is C14H14ClN3O. The molecule has 2 heterocycles. The number of hydrogen-bond acceptors (Lipinski definition) is 3. The lowest BCUT2D eigenvalue weighted by Gasteiger charge is -2.07. The van der Waals surface area contributed by atoms with Crippen LogP contribution in [0.25, 0.3) is 11.0 Å².